The van der Waals surface area contributed by atoms with Gasteiger partial charge in [0.2, 0.25) is 0 Å². The lowest BCUT2D eigenvalue weighted by Crippen LogP contribution is -2.58. The Morgan fingerprint density at radius 2 is 2.03 bits per heavy atom. The number of rotatable bonds is 4. The number of ether oxygens (including phenoxy) is 1. The number of hydrogen-bond acceptors (Lipinski definition) is 7. The van der Waals surface area contributed by atoms with Crippen LogP contribution >= 0.6 is 0 Å². The summed E-state index contributed by atoms with van der Waals surface area (Å²) in [5.74, 6) is 0.419. The first-order chi connectivity index (χ1) is 17.0. The van der Waals surface area contributed by atoms with E-state index in [4.69, 9.17) is 4.74 Å². The average Bonchev–Trinajstić information content (AvgIpc) is 3.51. The van der Waals surface area contributed by atoms with E-state index in [2.05, 4.69) is 24.9 Å². The third-order valence-electron chi connectivity index (χ3n) is 7.78. The van der Waals surface area contributed by atoms with Crippen LogP contribution in [-0.2, 0) is 4.74 Å². The molecule has 1 amide bonds. The minimum atomic E-state index is -0.364. The highest BCUT2D eigenvalue weighted by Crippen LogP contribution is 2.47. The Balaban J connectivity index is 1.11. The summed E-state index contributed by atoms with van der Waals surface area (Å²) in [6.07, 6.45) is 9.90. The summed E-state index contributed by atoms with van der Waals surface area (Å²) < 4.78 is 21.0. The van der Waals surface area contributed by atoms with Crippen LogP contribution < -0.4 is 4.90 Å². The van der Waals surface area contributed by atoms with Gasteiger partial charge < -0.3 is 14.5 Å². The van der Waals surface area contributed by atoms with E-state index >= 15 is 0 Å². The number of anilines is 1. The first-order valence-electron chi connectivity index (χ1n) is 12.4. The minimum Gasteiger partial charge on any atom is -0.450 e. The number of fused-ring (bicyclic) bond motifs is 1. The van der Waals surface area contributed by atoms with E-state index < -0.39 is 0 Å². The van der Waals surface area contributed by atoms with Gasteiger partial charge in [0.1, 0.15) is 11.6 Å². The first kappa shape index (κ1) is 22.2. The number of carbonyl (C=O) groups is 1. The van der Waals surface area contributed by atoms with Crippen molar-refractivity contribution in [2.45, 2.75) is 32.2 Å². The van der Waals surface area contributed by atoms with E-state index in [1.165, 1.54) is 25.1 Å². The van der Waals surface area contributed by atoms with Crippen molar-refractivity contribution in [2.75, 3.05) is 50.8 Å². The Kier molecular flexibility index (Phi) is 5.55. The topological polar surface area (TPSA) is 79.1 Å². The molecule has 0 bridgehead atoms. The maximum absolute atomic E-state index is 14.2. The molecule has 1 saturated carbocycles. The van der Waals surface area contributed by atoms with Crippen molar-refractivity contribution >= 4 is 17.6 Å². The highest BCUT2D eigenvalue weighted by molar-refractivity contribution is 5.75. The minimum absolute atomic E-state index is 0.181. The van der Waals surface area contributed by atoms with Gasteiger partial charge in [0.05, 0.1) is 19.0 Å². The maximum atomic E-state index is 14.2. The molecular formula is C25H30FN7O2. The molecule has 1 atom stereocenters. The molecule has 1 aliphatic carbocycles. The molecule has 10 heteroatoms. The number of hydrogen-bond donors (Lipinski definition) is 0. The maximum Gasteiger partial charge on any atom is 0.409 e. The second-order valence-electron chi connectivity index (χ2n) is 9.98. The fourth-order valence-corrected chi connectivity index (χ4v) is 6.03. The number of likely N-dealkylation sites (tertiary alicyclic amines) is 1. The molecule has 2 aliphatic heterocycles. The molecule has 6 rings (SSSR count). The van der Waals surface area contributed by atoms with Crippen molar-refractivity contribution in [3.05, 3.63) is 42.7 Å². The van der Waals surface area contributed by atoms with Crippen LogP contribution in [-0.4, -0.2) is 87.4 Å². The van der Waals surface area contributed by atoms with E-state index in [9.17, 15) is 9.18 Å². The zero-order valence-corrected chi connectivity index (χ0v) is 19.9. The summed E-state index contributed by atoms with van der Waals surface area (Å²) in [6.45, 7) is 7.46. The molecule has 3 aromatic heterocycles. The molecule has 0 N–H and O–H groups in total. The molecule has 0 aromatic carbocycles. The van der Waals surface area contributed by atoms with Crippen LogP contribution in [0.25, 0.3) is 16.8 Å². The predicted octanol–water partition coefficient (Wildman–Crippen LogP) is 3.06. The monoisotopic (exact) mass is 479 g/mol. The van der Waals surface area contributed by atoms with Gasteiger partial charge in [-0.2, -0.15) is 5.10 Å². The number of amides is 1. The van der Waals surface area contributed by atoms with E-state index in [0.29, 0.717) is 12.6 Å². The summed E-state index contributed by atoms with van der Waals surface area (Å²) in [6, 6.07) is 3.92. The molecule has 184 valence electrons. The quantitative estimate of drug-likeness (QED) is 0.569. The lowest BCUT2D eigenvalue weighted by molar-refractivity contribution is -0.00294. The van der Waals surface area contributed by atoms with Gasteiger partial charge in [-0.15, -0.1) is 0 Å². The van der Waals surface area contributed by atoms with Crippen LogP contribution in [0, 0.1) is 11.2 Å². The standard InChI is InChI=1S/C25H30FN7O2/c1-2-35-24(34)32-16-25(17-32)5-3-20(12-25)30-7-9-31(10-8-30)23-21(11-19(26)14-28-23)18-13-27-22-4-6-29-33(22)15-18/h4,6,11,13-15,20H,2-3,5,7-10,12,16-17H2,1H3/t20-/m1/s1. The Labute approximate surface area is 203 Å². The zero-order valence-electron chi connectivity index (χ0n) is 19.9. The Hall–Kier alpha value is -3.27. The number of aromatic nitrogens is 4. The number of nitrogens with zero attached hydrogens (tertiary/aromatic N) is 7. The molecule has 3 fully saturated rings. The van der Waals surface area contributed by atoms with Gasteiger partial charge in [0.25, 0.3) is 0 Å². The van der Waals surface area contributed by atoms with Crippen LogP contribution in [0.4, 0.5) is 15.0 Å². The van der Waals surface area contributed by atoms with Crippen molar-refractivity contribution in [2.24, 2.45) is 5.41 Å². The van der Waals surface area contributed by atoms with E-state index in [-0.39, 0.29) is 17.3 Å². The second kappa shape index (κ2) is 8.75. The van der Waals surface area contributed by atoms with E-state index in [0.717, 1.165) is 68.3 Å². The van der Waals surface area contributed by atoms with Gasteiger partial charge in [-0.05, 0) is 32.3 Å². The van der Waals surface area contributed by atoms with Gasteiger partial charge in [0.15, 0.2) is 5.65 Å². The first-order valence-corrected chi connectivity index (χ1v) is 12.4. The van der Waals surface area contributed by atoms with Crippen molar-refractivity contribution < 1.29 is 13.9 Å². The molecule has 3 aliphatic rings. The highest BCUT2D eigenvalue weighted by Gasteiger charge is 2.51. The number of pyridine rings is 1. The van der Waals surface area contributed by atoms with Gasteiger partial charge >= 0.3 is 6.09 Å². The van der Waals surface area contributed by atoms with Crippen molar-refractivity contribution in [1.82, 2.24) is 29.4 Å². The summed E-state index contributed by atoms with van der Waals surface area (Å²) in [5, 5.41) is 4.26. The average molecular weight is 480 g/mol. The van der Waals surface area contributed by atoms with Gasteiger partial charge in [-0.1, -0.05) is 0 Å². The largest absolute Gasteiger partial charge is 0.450 e. The van der Waals surface area contributed by atoms with Crippen molar-refractivity contribution in [1.29, 1.82) is 0 Å². The van der Waals surface area contributed by atoms with Crippen LogP contribution in [0.5, 0.6) is 0 Å². The predicted molar refractivity (Wildman–Crippen MR) is 129 cm³/mol. The third-order valence-corrected chi connectivity index (χ3v) is 7.78. The summed E-state index contributed by atoms with van der Waals surface area (Å²) >= 11 is 0. The molecule has 35 heavy (non-hydrogen) atoms. The molecule has 2 saturated heterocycles. The van der Waals surface area contributed by atoms with Gasteiger partial charge in [-0.25, -0.2) is 23.7 Å². The van der Waals surface area contributed by atoms with E-state index in [1.54, 1.807) is 16.9 Å². The number of halogens is 1. The fourth-order valence-electron chi connectivity index (χ4n) is 6.03. The molecule has 0 radical (unpaired) electrons. The Bertz CT molecular complexity index is 1230. The number of carbonyl (C=O) groups excluding carboxylic acids is 1. The summed E-state index contributed by atoms with van der Waals surface area (Å²) in [5.41, 5.74) is 2.54. The molecule has 1 spiro atoms. The molecule has 5 heterocycles. The van der Waals surface area contributed by atoms with Gasteiger partial charge in [0, 0.05) is 80.3 Å². The SMILES string of the molecule is CCOC(=O)N1CC2(CC[C@@H](N3CCN(c4ncc(F)cc4-c4cnc5ccnn5c4)CC3)C2)C1. The summed E-state index contributed by atoms with van der Waals surface area (Å²) in [7, 11) is 0. The normalized spacial score (nSPS) is 22.1. The van der Waals surface area contributed by atoms with Crippen molar-refractivity contribution in [3.8, 4) is 11.1 Å². The van der Waals surface area contributed by atoms with Crippen LogP contribution in [0.2, 0.25) is 0 Å². The van der Waals surface area contributed by atoms with Crippen LogP contribution in [0.3, 0.4) is 0 Å². The number of piperazine rings is 1. The molecule has 0 unspecified atom stereocenters. The van der Waals surface area contributed by atoms with Gasteiger partial charge in [-0.3, -0.25) is 4.90 Å². The van der Waals surface area contributed by atoms with E-state index in [1.807, 2.05) is 24.1 Å². The molecule has 3 aromatic rings. The van der Waals surface area contributed by atoms with Crippen LogP contribution in [0.1, 0.15) is 26.2 Å². The molecule has 9 nitrogen and oxygen atoms in total. The molecular weight excluding hydrogens is 449 g/mol. The lowest BCUT2D eigenvalue weighted by Gasteiger charge is -2.48. The van der Waals surface area contributed by atoms with Crippen molar-refractivity contribution in [3.63, 3.8) is 0 Å². The van der Waals surface area contributed by atoms with Crippen LogP contribution in [0.15, 0.2) is 36.9 Å². The third kappa shape index (κ3) is 4.09. The Morgan fingerprint density at radius 3 is 2.83 bits per heavy atom. The summed E-state index contributed by atoms with van der Waals surface area (Å²) in [4.78, 5) is 27.6. The smallest absolute Gasteiger partial charge is 0.409 e. The Morgan fingerprint density at radius 1 is 1.20 bits per heavy atom. The fraction of sp³-hybridized carbons (Fsp3) is 0.520. The highest BCUT2D eigenvalue weighted by atomic mass is 19.1. The lowest BCUT2D eigenvalue weighted by atomic mass is 9.78. The second-order valence-corrected chi connectivity index (χ2v) is 9.98. The zero-order chi connectivity index (χ0) is 24.0.